The van der Waals surface area contributed by atoms with E-state index in [9.17, 15) is 0 Å². The molecule has 0 amide bonds. The van der Waals surface area contributed by atoms with Crippen LogP contribution in [-0.4, -0.2) is 9.97 Å². The number of aromatic nitrogens is 2. The van der Waals surface area contributed by atoms with E-state index in [-0.39, 0.29) is 12.8 Å². The lowest BCUT2D eigenvalue weighted by Gasteiger charge is -2.26. The van der Waals surface area contributed by atoms with E-state index >= 15 is 0 Å². The summed E-state index contributed by atoms with van der Waals surface area (Å²) in [4.78, 5) is 8.89. The number of hydrogen-bond donors (Lipinski definition) is 0. The maximum Gasteiger partial charge on any atom is 0.0702 e. The lowest BCUT2D eigenvalue weighted by Crippen LogP contribution is -2.25. The second kappa shape index (κ2) is 18.0. The van der Waals surface area contributed by atoms with Crippen LogP contribution in [0.25, 0.3) is 44.8 Å². The molecular formula is C53H42Br4N2. The summed E-state index contributed by atoms with van der Waals surface area (Å²) in [6, 6.07) is 56.3. The Bertz CT molecular complexity index is 2770. The van der Waals surface area contributed by atoms with Gasteiger partial charge >= 0.3 is 0 Å². The molecule has 0 aliphatic heterocycles. The number of rotatable bonds is 4. The van der Waals surface area contributed by atoms with Gasteiger partial charge in [-0.3, -0.25) is 9.97 Å². The zero-order chi connectivity index (χ0) is 39.6. The average molecular weight is 1030 g/mol. The van der Waals surface area contributed by atoms with Crippen molar-refractivity contribution in [3.8, 4) is 44.8 Å². The van der Waals surface area contributed by atoms with Crippen LogP contribution >= 0.6 is 63.7 Å². The minimum Gasteiger partial charge on any atom is -0.256 e. The zero-order valence-electron chi connectivity index (χ0n) is 31.6. The van der Waals surface area contributed by atoms with Crippen LogP contribution in [0.5, 0.6) is 0 Å². The lowest BCUT2D eigenvalue weighted by atomic mass is 9.76. The van der Waals surface area contributed by atoms with Crippen LogP contribution < -0.4 is 0 Å². The molecule has 1 spiro atoms. The molecule has 2 heterocycles. The van der Waals surface area contributed by atoms with E-state index < -0.39 is 0 Å². The van der Waals surface area contributed by atoms with Crippen molar-refractivity contribution in [2.24, 2.45) is 0 Å². The summed E-state index contributed by atoms with van der Waals surface area (Å²) in [6.07, 6.45) is 6.87. The maximum absolute atomic E-state index is 4.54. The Kier molecular flexibility index (Phi) is 12.6. The number of hydrogen-bond acceptors (Lipinski definition) is 2. The van der Waals surface area contributed by atoms with Crippen LogP contribution in [-0.2, 0) is 35.3 Å². The molecule has 2 nitrogen and oxygen atoms in total. The first-order chi connectivity index (χ1) is 28.4. The summed E-state index contributed by atoms with van der Waals surface area (Å²) in [7, 11) is 0. The quantitative estimate of drug-likeness (QED) is 0.164. The van der Waals surface area contributed by atoms with E-state index in [1.54, 1.807) is 0 Å². The minimum absolute atomic E-state index is 0. The van der Waals surface area contributed by atoms with Crippen molar-refractivity contribution in [3.63, 3.8) is 0 Å². The third kappa shape index (κ3) is 8.22. The number of nitrogens with zero attached hydrogens (tertiary/aromatic N) is 2. The molecule has 59 heavy (non-hydrogen) atoms. The number of benzene rings is 6. The summed E-state index contributed by atoms with van der Waals surface area (Å²) in [5, 5.41) is 1.75. The fraction of sp³-hybridized carbons (Fsp3) is 0.132. The van der Waals surface area contributed by atoms with E-state index in [0.717, 1.165) is 45.8 Å². The molecule has 0 bridgehead atoms. The third-order valence-electron chi connectivity index (χ3n) is 11.6. The first-order valence-corrected chi connectivity index (χ1v) is 23.2. The Balaban J connectivity index is 0.000000133. The second-order valence-corrected chi connectivity index (χ2v) is 17.9. The van der Waals surface area contributed by atoms with E-state index in [4.69, 9.17) is 0 Å². The fourth-order valence-corrected chi connectivity index (χ4v) is 10.7. The maximum atomic E-state index is 4.54. The topological polar surface area (TPSA) is 25.8 Å². The Morgan fingerprint density at radius 1 is 0.441 bits per heavy atom. The van der Waals surface area contributed by atoms with Crippen LogP contribution in [0, 0.1) is 0 Å². The van der Waals surface area contributed by atoms with Gasteiger partial charge in [0.05, 0.1) is 11.4 Å². The van der Waals surface area contributed by atoms with Gasteiger partial charge in [-0.2, -0.15) is 0 Å². The number of fused-ring (bicyclic) bond motifs is 9. The van der Waals surface area contributed by atoms with Gasteiger partial charge in [0.2, 0.25) is 0 Å². The highest BCUT2D eigenvalue weighted by Gasteiger charge is 2.47. The van der Waals surface area contributed by atoms with E-state index in [1.165, 1.54) is 82.4 Å². The monoisotopic (exact) mass is 1020 g/mol. The van der Waals surface area contributed by atoms with Gasteiger partial charge in [-0.1, -0.05) is 168 Å². The molecule has 0 fully saturated rings. The summed E-state index contributed by atoms with van der Waals surface area (Å²) in [5.41, 5.74) is 21.4. The highest BCUT2D eigenvalue weighted by Crippen LogP contribution is 2.56. The minimum atomic E-state index is 0. The van der Waals surface area contributed by atoms with E-state index in [0.29, 0.717) is 0 Å². The Labute approximate surface area is 381 Å². The molecule has 1 atom stereocenters. The van der Waals surface area contributed by atoms with Crippen LogP contribution in [0.1, 0.15) is 51.9 Å². The molecule has 3 aliphatic rings. The van der Waals surface area contributed by atoms with Gasteiger partial charge < -0.3 is 0 Å². The van der Waals surface area contributed by atoms with Crippen molar-refractivity contribution < 1.29 is 0 Å². The first kappa shape index (κ1) is 41.3. The molecule has 0 radical (unpaired) electrons. The average Bonchev–Trinajstić information content (AvgIpc) is 3.93. The molecule has 0 N–H and O–H groups in total. The van der Waals surface area contributed by atoms with Crippen molar-refractivity contribution in [2.45, 2.75) is 42.8 Å². The van der Waals surface area contributed by atoms with Crippen molar-refractivity contribution in [3.05, 3.63) is 224 Å². The molecule has 0 saturated carbocycles. The highest BCUT2D eigenvalue weighted by atomic mass is 79.9. The Hall–Kier alpha value is -4.46. The Morgan fingerprint density at radius 3 is 1.73 bits per heavy atom. The molecule has 1 unspecified atom stereocenters. The zero-order valence-corrected chi connectivity index (χ0v) is 38.0. The van der Waals surface area contributed by atoms with Gasteiger partial charge in [0.25, 0.3) is 0 Å². The Morgan fingerprint density at radius 2 is 1.02 bits per heavy atom. The summed E-state index contributed by atoms with van der Waals surface area (Å²) in [6.45, 7) is 0. The van der Waals surface area contributed by atoms with Crippen molar-refractivity contribution in [1.29, 1.82) is 0 Å². The van der Waals surface area contributed by atoms with Crippen molar-refractivity contribution in [1.82, 2.24) is 9.97 Å². The molecule has 8 aromatic rings. The molecule has 6 aromatic carbocycles. The van der Waals surface area contributed by atoms with E-state index in [1.807, 2.05) is 36.7 Å². The predicted octanol–water partition coefficient (Wildman–Crippen LogP) is 15.8. The lowest BCUT2D eigenvalue weighted by molar-refractivity contribution is 0.563. The molecule has 6 heteroatoms. The van der Waals surface area contributed by atoms with E-state index in [2.05, 4.69) is 207 Å². The van der Waals surface area contributed by atoms with Gasteiger partial charge in [0.1, 0.15) is 0 Å². The largest absolute Gasteiger partial charge is 0.256 e. The predicted molar refractivity (Wildman–Crippen MR) is 261 cm³/mol. The number of halogens is 4. The molecule has 292 valence electrons. The highest BCUT2D eigenvalue weighted by molar-refractivity contribution is 9.10. The molecular weight excluding hydrogens is 984 g/mol. The number of alkyl halides is 2. The summed E-state index contributed by atoms with van der Waals surface area (Å²) in [5.74, 6) is 0. The van der Waals surface area contributed by atoms with Crippen LogP contribution in [0.2, 0.25) is 0 Å². The van der Waals surface area contributed by atoms with Gasteiger partial charge in [0.15, 0.2) is 0 Å². The van der Waals surface area contributed by atoms with Crippen LogP contribution in [0.4, 0.5) is 0 Å². The first-order valence-electron chi connectivity index (χ1n) is 19.4. The molecule has 2 aromatic heterocycles. The van der Waals surface area contributed by atoms with Gasteiger partial charge in [0, 0.05) is 48.5 Å². The molecule has 3 aliphatic carbocycles. The third-order valence-corrected chi connectivity index (χ3v) is 13.8. The molecule has 11 rings (SSSR count). The van der Waals surface area contributed by atoms with Crippen molar-refractivity contribution in [2.75, 3.05) is 0 Å². The second-order valence-electron chi connectivity index (χ2n) is 15.0. The summed E-state index contributed by atoms with van der Waals surface area (Å²) >= 11 is 14.2. The SMILES string of the molecule is BrCc1ccc(-c2ccccn2)cc1CBr.Brc1ccc2c(c1)C1(Cc3ccc(-c4ccccn4)cc3C1)c1ccccc1-2.Brc1ccc2c(c1)Cc1ccccc1-2.C. The van der Waals surface area contributed by atoms with Gasteiger partial charge in [-0.25, -0.2) is 0 Å². The standard InChI is InChI=1S/C26H18BrN.C13H11Br2N.C13H9Br.CH4/c27-20-10-11-22-21-5-1-2-6-23(21)26(24(22)14-20)15-18-9-8-17(13-19(18)16-26)25-7-3-4-12-28-25;14-8-11-5-4-10(7-12(11)9-15)13-3-1-2-6-16-13;14-11-5-6-13-10(8-11)7-9-3-1-2-4-12(9)13;/h1-14H,15-16H2;1-7H,8-9H2;1-6,8H,7H2;1H4. The summed E-state index contributed by atoms with van der Waals surface area (Å²) < 4.78 is 2.33. The fourth-order valence-electron chi connectivity index (χ4n) is 8.86. The molecule has 0 saturated heterocycles. The van der Waals surface area contributed by atoms with Gasteiger partial charge in [-0.15, -0.1) is 0 Å². The van der Waals surface area contributed by atoms with Crippen LogP contribution in [0.3, 0.4) is 0 Å². The van der Waals surface area contributed by atoms with Crippen molar-refractivity contribution >= 4 is 63.7 Å². The normalized spacial score (nSPS) is 14.6. The van der Waals surface area contributed by atoms with Crippen LogP contribution in [0.15, 0.2) is 179 Å². The van der Waals surface area contributed by atoms with Gasteiger partial charge in [-0.05, 0) is 147 Å². The number of pyridine rings is 2. The smallest absolute Gasteiger partial charge is 0.0702 e.